The fourth-order valence-electron chi connectivity index (χ4n) is 3.44. The smallest absolute Gasteiger partial charge is 0.262 e. The van der Waals surface area contributed by atoms with Crippen LogP contribution in [0.25, 0.3) is 0 Å². The summed E-state index contributed by atoms with van der Waals surface area (Å²) in [6.45, 7) is 2.93. The molecular weight excluding hydrogens is 410 g/mol. The largest absolute Gasteiger partial charge is 0.337 e. The van der Waals surface area contributed by atoms with Gasteiger partial charge in [-0.3, -0.25) is 19.3 Å². The summed E-state index contributed by atoms with van der Waals surface area (Å²) in [5.41, 5.74) is 6.48. The maximum atomic E-state index is 12.7. The monoisotopic (exact) mass is 429 g/mol. The molecule has 2 aliphatic rings. The van der Waals surface area contributed by atoms with Crippen molar-refractivity contribution in [2.45, 2.75) is 25.8 Å². The second-order valence-corrected chi connectivity index (χ2v) is 7.41. The summed E-state index contributed by atoms with van der Waals surface area (Å²) in [4.78, 5) is 40.3. The lowest BCUT2D eigenvalue weighted by atomic mass is 9.92. The number of fused-ring (bicyclic) bond motifs is 1. The zero-order valence-corrected chi connectivity index (χ0v) is 16.3. The second-order valence-electron chi connectivity index (χ2n) is 6.49. The minimum atomic E-state index is -0.417. The minimum Gasteiger partial charge on any atom is -0.337 e. The van der Waals surface area contributed by atoms with Crippen LogP contribution in [0.2, 0.25) is 0 Å². The molecule has 3 amide bonds. The Morgan fingerprint density at radius 1 is 1.28 bits per heavy atom. The first kappa shape index (κ1) is 19.9. The molecule has 3 rings (SSSR count). The molecule has 1 fully saturated rings. The number of imide groups is 1. The minimum absolute atomic E-state index is 0. The summed E-state index contributed by atoms with van der Waals surface area (Å²) in [6.07, 6.45) is 1.77. The predicted octanol–water partition coefficient (Wildman–Crippen LogP) is 2.05. The van der Waals surface area contributed by atoms with Crippen LogP contribution in [0.4, 0.5) is 0 Å². The lowest BCUT2D eigenvalue weighted by molar-refractivity contribution is -0.135. The first-order valence-corrected chi connectivity index (χ1v) is 8.87. The fourth-order valence-corrected chi connectivity index (χ4v) is 3.80. The zero-order chi connectivity index (χ0) is 17.4. The Morgan fingerprint density at radius 2 is 1.96 bits per heavy atom. The third-order valence-electron chi connectivity index (χ3n) is 4.80. The highest BCUT2D eigenvalue weighted by Crippen LogP contribution is 2.27. The van der Waals surface area contributed by atoms with E-state index in [-0.39, 0.29) is 30.9 Å². The SMILES string of the molecule is CC1CCN(C(=O)CN2C(=O)c3ccc(Br)cc3C2=O)C(CN)C1.Cl. The molecule has 2 aliphatic heterocycles. The number of benzene rings is 1. The van der Waals surface area contributed by atoms with Crippen molar-refractivity contribution in [3.8, 4) is 0 Å². The summed E-state index contributed by atoms with van der Waals surface area (Å²) >= 11 is 3.30. The van der Waals surface area contributed by atoms with Gasteiger partial charge in [-0.2, -0.15) is 0 Å². The first-order chi connectivity index (χ1) is 11.4. The van der Waals surface area contributed by atoms with Gasteiger partial charge in [-0.25, -0.2) is 0 Å². The Hall–Kier alpha value is -1.44. The molecule has 25 heavy (non-hydrogen) atoms. The molecule has 2 N–H and O–H groups in total. The molecule has 1 aromatic carbocycles. The van der Waals surface area contributed by atoms with Gasteiger partial charge in [-0.05, 0) is 37.0 Å². The molecule has 0 saturated carbocycles. The number of nitrogens with zero attached hydrogens (tertiary/aromatic N) is 2. The van der Waals surface area contributed by atoms with Gasteiger partial charge in [-0.15, -0.1) is 12.4 Å². The molecule has 2 unspecified atom stereocenters. The second kappa shape index (κ2) is 7.85. The number of rotatable bonds is 3. The Morgan fingerprint density at radius 3 is 2.64 bits per heavy atom. The predicted molar refractivity (Wildman–Crippen MR) is 99.7 cm³/mol. The number of halogens is 2. The van der Waals surface area contributed by atoms with Crippen LogP contribution in [-0.4, -0.2) is 53.2 Å². The van der Waals surface area contributed by atoms with E-state index in [0.717, 1.165) is 22.2 Å². The maximum absolute atomic E-state index is 12.7. The van der Waals surface area contributed by atoms with E-state index in [0.29, 0.717) is 30.1 Å². The highest BCUT2D eigenvalue weighted by atomic mass is 79.9. The number of hydrogen-bond donors (Lipinski definition) is 1. The zero-order valence-electron chi connectivity index (χ0n) is 13.9. The molecule has 0 bridgehead atoms. The third kappa shape index (κ3) is 3.73. The Kier molecular flexibility index (Phi) is 6.24. The van der Waals surface area contributed by atoms with Gasteiger partial charge >= 0.3 is 0 Å². The van der Waals surface area contributed by atoms with Gasteiger partial charge in [0.15, 0.2) is 0 Å². The third-order valence-corrected chi connectivity index (χ3v) is 5.29. The highest BCUT2D eigenvalue weighted by Gasteiger charge is 2.38. The Balaban J connectivity index is 0.00000225. The number of carbonyl (C=O) groups is 3. The molecule has 2 heterocycles. The molecule has 0 aromatic heterocycles. The normalized spacial score (nSPS) is 22.7. The van der Waals surface area contributed by atoms with Gasteiger partial charge in [0.2, 0.25) is 5.91 Å². The number of carbonyl (C=O) groups excluding carboxylic acids is 3. The van der Waals surface area contributed by atoms with Gasteiger partial charge < -0.3 is 10.6 Å². The number of amides is 3. The van der Waals surface area contributed by atoms with E-state index in [4.69, 9.17) is 5.73 Å². The lowest BCUT2D eigenvalue weighted by Crippen LogP contribution is -2.52. The van der Waals surface area contributed by atoms with Crippen molar-refractivity contribution in [1.29, 1.82) is 0 Å². The van der Waals surface area contributed by atoms with Crippen molar-refractivity contribution in [2.24, 2.45) is 11.7 Å². The number of hydrogen-bond acceptors (Lipinski definition) is 4. The summed E-state index contributed by atoms with van der Waals surface area (Å²) in [5, 5.41) is 0. The topological polar surface area (TPSA) is 83.7 Å². The van der Waals surface area contributed by atoms with Crippen LogP contribution >= 0.6 is 28.3 Å². The molecule has 8 heteroatoms. The fraction of sp³-hybridized carbons (Fsp3) is 0.471. The van der Waals surface area contributed by atoms with Gasteiger partial charge in [-0.1, -0.05) is 22.9 Å². The number of nitrogens with two attached hydrogens (primary N) is 1. The van der Waals surface area contributed by atoms with Gasteiger partial charge in [0.25, 0.3) is 11.8 Å². The molecular formula is C17H21BrClN3O3. The highest BCUT2D eigenvalue weighted by molar-refractivity contribution is 9.10. The molecule has 0 radical (unpaired) electrons. The molecule has 136 valence electrons. The first-order valence-electron chi connectivity index (χ1n) is 8.07. The van der Waals surface area contributed by atoms with Crippen molar-refractivity contribution >= 4 is 46.1 Å². The number of piperidine rings is 1. The van der Waals surface area contributed by atoms with Crippen LogP contribution in [0.5, 0.6) is 0 Å². The van der Waals surface area contributed by atoms with Crippen LogP contribution in [0.3, 0.4) is 0 Å². The Bertz CT molecular complexity index is 712. The molecule has 0 aliphatic carbocycles. The van der Waals surface area contributed by atoms with E-state index in [9.17, 15) is 14.4 Å². The van der Waals surface area contributed by atoms with Crippen molar-refractivity contribution in [2.75, 3.05) is 19.6 Å². The quantitative estimate of drug-likeness (QED) is 0.744. The Labute approximate surface area is 161 Å². The van der Waals surface area contributed by atoms with E-state index in [1.807, 2.05) is 0 Å². The van der Waals surface area contributed by atoms with Crippen molar-refractivity contribution in [3.63, 3.8) is 0 Å². The van der Waals surface area contributed by atoms with Crippen LogP contribution in [0.15, 0.2) is 22.7 Å². The molecule has 0 spiro atoms. The van der Waals surface area contributed by atoms with Gasteiger partial charge in [0.1, 0.15) is 6.54 Å². The lowest BCUT2D eigenvalue weighted by Gasteiger charge is -2.38. The molecule has 2 atom stereocenters. The summed E-state index contributed by atoms with van der Waals surface area (Å²) in [5.74, 6) is -0.518. The van der Waals surface area contributed by atoms with E-state index < -0.39 is 11.8 Å². The van der Waals surface area contributed by atoms with E-state index >= 15 is 0 Å². The van der Waals surface area contributed by atoms with Crippen molar-refractivity contribution in [1.82, 2.24) is 9.80 Å². The van der Waals surface area contributed by atoms with Gasteiger partial charge in [0.05, 0.1) is 11.1 Å². The molecule has 1 aromatic rings. The van der Waals surface area contributed by atoms with E-state index in [1.54, 1.807) is 23.1 Å². The summed E-state index contributed by atoms with van der Waals surface area (Å²) in [6, 6.07) is 4.91. The van der Waals surface area contributed by atoms with E-state index in [1.165, 1.54) is 0 Å². The molecule has 6 nitrogen and oxygen atoms in total. The van der Waals surface area contributed by atoms with E-state index in [2.05, 4.69) is 22.9 Å². The van der Waals surface area contributed by atoms with Crippen LogP contribution < -0.4 is 5.73 Å². The van der Waals surface area contributed by atoms with Crippen molar-refractivity contribution < 1.29 is 14.4 Å². The standard InChI is InChI=1S/C17H20BrN3O3.ClH/c1-10-4-5-20(12(6-10)8-19)15(22)9-21-16(23)13-3-2-11(18)7-14(13)17(21)24;/h2-3,7,10,12H,4-6,8-9,19H2,1H3;1H. The van der Waals surface area contributed by atoms with Crippen molar-refractivity contribution in [3.05, 3.63) is 33.8 Å². The maximum Gasteiger partial charge on any atom is 0.262 e. The number of likely N-dealkylation sites (tertiary alicyclic amines) is 1. The van der Waals surface area contributed by atoms with Crippen LogP contribution in [-0.2, 0) is 4.79 Å². The van der Waals surface area contributed by atoms with Crippen LogP contribution in [0, 0.1) is 5.92 Å². The van der Waals surface area contributed by atoms with Gasteiger partial charge in [0, 0.05) is 23.6 Å². The summed E-state index contributed by atoms with van der Waals surface area (Å²) < 4.78 is 0.726. The summed E-state index contributed by atoms with van der Waals surface area (Å²) in [7, 11) is 0. The van der Waals surface area contributed by atoms with Crippen LogP contribution in [0.1, 0.15) is 40.5 Å². The average molecular weight is 431 g/mol. The average Bonchev–Trinajstić information content (AvgIpc) is 2.79. The molecule has 1 saturated heterocycles.